The summed E-state index contributed by atoms with van der Waals surface area (Å²) in [4.78, 5) is 6.79. The number of anilines is 1. The van der Waals surface area contributed by atoms with Crippen molar-refractivity contribution in [3.63, 3.8) is 0 Å². The normalized spacial score (nSPS) is 17.9. The van der Waals surface area contributed by atoms with E-state index in [2.05, 4.69) is 27.4 Å². The molecule has 2 heterocycles. The molecular formula is C11H17N5S. The third-order valence-electron chi connectivity index (χ3n) is 2.87. The van der Waals surface area contributed by atoms with Crippen molar-refractivity contribution in [2.24, 2.45) is 5.73 Å². The summed E-state index contributed by atoms with van der Waals surface area (Å²) >= 11 is 5.02. The standard InChI is InChI=1S/C11H17N5S/c1-15-4-6-16(7-5-15)14-10-8-13-3-2-9(10)11(12)17/h2-3,8,14H,4-7H2,1H3,(H2,12,17). The topological polar surface area (TPSA) is 57.4 Å². The van der Waals surface area contributed by atoms with E-state index in [1.54, 1.807) is 12.4 Å². The number of nitrogens with one attached hydrogen (secondary N) is 1. The molecule has 0 aromatic carbocycles. The molecule has 17 heavy (non-hydrogen) atoms. The van der Waals surface area contributed by atoms with Crippen molar-refractivity contribution in [2.45, 2.75) is 0 Å². The number of aromatic nitrogens is 1. The third-order valence-corrected chi connectivity index (χ3v) is 3.09. The van der Waals surface area contributed by atoms with Crippen molar-refractivity contribution in [2.75, 3.05) is 38.7 Å². The molecule has 0 atom stereocenters. The Labute approximate surface area is 107 Å². The van der Waals surface area contributed by atoms with Gasteiger partial charge in [0, 0.05) is 37.9 Å². The van der Waals surface area contributed by atoms with Crippen molar-refractivity contribution in [3.8, 4) is 0 Å². The summed E-state index contributed by atoms with van der Waals surface area (Å²) in [5.74, 6) is 0. The second-order valence-corrected chi connectivity index (χ2v) is 4.63. The highest BCUT2D eigenvalue weighted by atomic mass is 32.1. The number of likely N-dealkylation sites (N-methyl/N-ethyl adjacent to an activating group) is 1. The van der Waals surface area contributed by atoms with E-state index in [-0.39, 0.29) is 0 Å². The summed E-state index contributed by atoms with van der Waals surface area (Å²) in [5, 5.41) is 2.17. The lowest BCUT2D eigenvalue weighted by molar-refractivity contribution is 0.179. The van der Waals surface area contributed by atoms with E-state index < -0.39 is 0 Å². The van der Waals surface area contributed by atoms with Crippen molar-refractivity contribution in [3.05, 3.63) is 24.0 Å². The third kappa shape index (κ3) is 3.12. The molecule has 0 saturated carbocycles. The number of thiocarbonyl (C=S) groups is 1. The molecule has 0 spiro atoms. The van der Waals surface area contributed by atoms with Gasteiger partial charge in [0.15, 0.2) is 0 Å². The zero-order chi connectivity index (χ0) is 12.3. The van der Waals surface area contributed by atoms with Gasteiger partial charge >= 0.3 is 0 Å². The Kier molecular flexibility index (Phi) is 3.88. The van der Waals surface area contributed by atoms with Crippen LogP contribution in [0.3, 0.4) is 0 Å². The van der Waals surface area contributed by atoms with Crippen LogP contribution >= 0.6 is 12.2 Å². The zero-order valence-corrected chi connectivity index (χ0v) is 10.7. The molecule has 1 aromatic rings. The van der Waals surface area contributed by atoms with Crippen molar-refractivity contribution >= 4 is 22.9 Å². The molecule has 5 nitrogen and oxygen atoms in total. The van der Waals surface area contributed by atoms with Crippen molar-refractivity contribution < 1.29 is 0 Å². The van der Waals surface area contributed by atoms with Crippen LogP contribution in [-0.4, -0.2) is 53.1 Å². The highest BCUT2D eigenvalue weighted by molar-refractivity contribution is 7.80. The van der Waals surface area contributed by atoms with Crippen LogP contribution in [0.5, 0.6) is 0 Å². The molecule has 6 heteroatoms. The molecule has 2 rings (SSSR count). The van der Waals surface area contributed by atoms with Gasteiger partial charge in [-0.2, -0.15) is 0 Å². The van der Waals surface area contributed by atoms with Crippen molar-refractivity contribution in [1.29, 1.82) is 0 Å². The van der Waals surface area contributed by atoms with Gasteiger partial charge in [-0.3, -0.25) is 4.98 Å². The van der Waals surface area contributed by atoms with E-state index in [1.165, 1.54) is 0 Å². The number of hydrazine groups is 1. The first-order valence-corrected chi connectivity index (χ1v) is 6.01. The lowest BCUT2D eigenvalue weighted by Crippen LogP contribution is -2.47. The summed E-state index contributed by atoms with van der Waals surface area (Å²) in [5.41, 5.74) is 10.7. The molecule has 1 aliphatic rings. The fourth-order valence-electron chi connectivity index (χ4n) is 1.79. The quantitative estimate of drug-likeness (QED) is 0.753. The first kappa shape index (κ1) is 12.2. The number of nitrogens with zero attached hydrogens (tertiary/aromatic N) is 3. The van der Waals surface area contributed by atoms with Gasteiger partial charge in [-0.25, -0.2) is 5.01 Å². The molecule has 92 valence electrons. The maximum absolute atomic E-state index is 5.68. The molecule has 1 saturated heterocycles. The molecule has 3 N–H and O–H groups in total. The highest BCUT2D eigenvalue weighted by Gasteiger charge is 2.15. The predicted molar refractivity (Wildman–Crippen MR) is 72.8 cm³/mol. The number of hydrogen-bond acceptors (Lipinski definition) is 5. The lowest BCUT2D eigenvalue weighted by atomic mass is 10.2. The molecule has 0 bridgehead atoms. The lowest BCUT2D eigenvalue weighted by Gasteiger charge is -2.33. The van der Waals surface area contributed by atoms with Crippen LogP contribution in [0.4, 0.5) is 5.69 Å². The van der Waals surface area contributed by atoms with Gasteiger partial charge < -0.3 is 16.1 Å². The summed E-state index contributed by atoms with van der Waals surface area (Å²) in [6, 6.07) is 1.83. The minimum Gasteiger partial charge on any atom is -0.389 e. The smallest absolute Gasteiger partial charge is 0.106 e. The molecule has 0 radical (unpaired) electrons. The largest absolute Gasteiger partial charge is 0.389 e. The van der Waals surface area contributed by atoms with Crippen LogP contribution in [0.15, 0.2) is 18.5 Å². The van der Waals surface area contributed by atoms with E-state index in [1.807, 2.05) is 6.07 Å². The van der Waals surface area contributed by atoms with E-state index in [0.717, 1.165) is 37.4 Å². The zero-order valence-electron chi connectivity index (χ0n) is 9.89. The minimum atomic E-state index is 0.393. The Morgan fingerprint density at radius 3 is 2.76 bits per heavy atom. The van der Waals surface area contributed by atoms with Crippen LogP contribution < -0.4 is 11.2 Å². The second kappa shape index (κ2) is 5.39. The average molecular weight is 251 g/mol. The highest BCUT2D eigenvalue weighted by Crippen LogP contribution is 2.14. The van der Waals surface area contributed by atoms with Gasteiger partial charge in [-0.15, -0.1) is 0 Å². The Morgan fingerprint density at radius 1 is 1.41 bits per heavy atom. The van der Waals surface area contributed by atoms with Gasteiger partial charge in [0.1, 0.15) is 4.99 Å². The second-order valence-electron chi connectivity index (χ2n) is 4.19. The molecule has 0 amide bonds. The minimum absolute atomic E-state index is 0.393. The van der Waals surface area contributed by atoms with Crippen LogP contribution in [0.2, 0.25) is 0 Å². The SMILES string of the molecule is CN1CCN(Nc2cnccc2C(N)=S)CC1. The molecule has 1 fully saturated rings. The van der Waals surface area contributed by atoms with E-state index in [9.17, 15) is 0 Å². The Bertz CT molecular complexity index is 401. The summed E-state index contributed by atoms with van der Waals surface area (Å²) in [7, 11) is 2.13. The first-order chi connectivity index (χ1) is 8.16. The molecule has 1 aliphatic heterocycles. The summed E-state index contributed by atoms with van der Waals surface area (Å²) in [6.45, 7) is 4.05. The predicted octanol–water partition coefficient (Wildman–Crippen LogP) is 0.290. The van der Waals surface area contributed by atoms with Gasteiger partial charge in [-0.05, 0) is 13.1 Å². The monoisotopic (exact) mass is 251 g/mol. The molecule has 0 aliphatic carbocycles. The van der Waals surface area contributed by atoms with E-state index in [4.69, 9.17) is 18.0 Å². The van der Waals surface area contributed by atoms with Gasteiger partial charge in [0.2, 0.25) is 0 Å². The van der Waals surface area contributed by atoms with Gasteiger partial charge in [0.05, 0.1) is 11.9 Å². The fourth-order valence-corrected chi connectivity index (χ4v) is 1.97. The Hall–Kier alpha value is -1.24. The van der Waals surface area contributed by atoms with Gasteiger partial charge in [0.25, 0.3) is 0 Å². The number of piperazine rings is 1. The number of pyridine rings is 1. The maximum atomic E-state index is 5.68. The van der Waals surface area contributed by atoms with Crippen LogP contribution in [0, 0.1) is 0 Å². The van der Waals surface area contributed by atoms with Crippen LogP contribution in [0.25, 0.3) is 0 Å². The Balaban J connectivity index is 2.05. The molecule has 1 aromatic heterocycles. The molecule has 0 unspecified atom stereocenters. The summed E-state index contributed by atoms with van der Waals surface area (Å²) < 4.78 is 0. The molecular weight excluding hydrogens is 234 g/mol. The number of rotatable bonds is 3. The van der Waals surface area contributed by atoms with Crippen LogP contribution in [0.1, 0.15) is 5.56 Å². The first-order valence-electron chi connectivity index (χ1n) is 5.61. The van der Waals surface area contributed by atoms with E-state index >= 15 is 0 Å². The number of hydrogen-bond donors (Lipinski definition) is 2. The summed E-state index contributed by atoms with van der Waals surface area (Å²) in [6.07, 6.45) is 3.45. The van der Waals surface area contributed by atoms with Gasteiger partial charge in [-0.1, -0.05) is 12.2 Å². The maximum Gasteiger partial charge on any atom is 0.106 e. The number of nitrogens with two attached hydrogens (primary N) is 1. The average Bonchev–Trinajstić information content (AvgIpc) is 2.32. The van der Waals surface area contributed by atoms with Crippen molar-refractivity contribution in [1.82, 2.24) is 14.9 Å². The Morgan fingerprint density at radius 2 is 2.12 bits per heavy atom. The fraction of sp³-hybridized carbons (Fsp3) is 0.455. The van der Waals surface area contributed by atoms with Crippen LogP contribution in [-0.2, 0) is 0 Å². The van der Waals surface area contributed by atoms with E-state index in [0.29, 0.717) is 4.99 Å².